The molecule has 1 heterocycles. The van der Waals surface area contributed by atoms with E-state index in [4.69, 9.17) is 0 Å². The van der Waals surface area contributed by atoms with E-state index >= 15 is 0 Å². The maximum absolute atomic E-state index is 13.1. The molecule has 0 atom stereocenters. The highest BCUT2D eigenvalue weighted by Crippen LogP contribution is 2.37. The van der Waals surface area contributed by atoms with Crippen LogP contribution in [-0.2, 0) is 23.2 Å². The van der Waals surface area contributed by atoms with E-state index in [0.29, 0.717) is 5.56 Å². The molecule has 0 aliphatic carbocycles. The maximum atomic E-state index is 13.1. The fourth-order valence-electron chi connectivity index (χ4n) is 2.40. The number of alkyl halides is 3. The van der Waals surface area contributed by atoms with Crippen LogP contribution in [-0.4, -0.2) is 18.2 Å². The van der Waals surface area contributed by atoms with Gasteiger partial charge in [0.1, 0.15) is 5.56 Å². The van der Waals surface area contributed by atoms with Crippen molar-refractivity contribution in [3.05, 3.63) is 40.6 Å². The normalized spacial score (nSPS) is 12.5. The molecule has 2 rings (SSSR count). The van der Waals surface area contributed by atoms with Crippen molar-refractivity contribution < 1.29 is 21.6 Å². The number of halogens is 3. The van der Waals surface area contributed by atoms with Crippen LogP contribution in [0.4, 0.5) is 19.0 Å². The average Bonchev–Trinajstić information content (AvgIpc) is 2.62. The quantitative estimate of drug-likeness (QED) is 0.928. The van der Waals surface area contributed by atoms with Crippen LogP contribution in [0, 0.1) is 20.8 Å². The van der Waals surface area contributed by atoms with Crippen LogP contribution in [0.3, 0.4) is 0 Å². The molecule has 1 aromatic carbocycles. The fraction of sp³-hybridized carbons (Fsp3) is 0.357. The molecular formula is C14H16F3N3O2S. The molecule has 2 aromatic rings. The molecule has 0 saturated heterocycles. The largest absolute Gasteiger partial charge is 0.421 e. The average molecular weight is 347 g/mol. The summed E-state index contributed by atoms with van der Waals surface area (Å²) in [6, 6.07) is 4.60. The van der Waals surface area contributed by atoms with E-state index < -0.39 is 27.6 Å². The molecule has 0 bridgehead atoms. The molecule has 0 radical (unpaired) electrons. The second-order valence-corrected chi connectivity index (χ2v) is 6.96. The number of rotatable bonds is 3. The van der Waals surface area contributed by atoms with Gasteiger partial charge in [-0.1, -0.05) is 17.7 Å². The highest BCUT2D eigenvalue weighted by molar-refractivity contribution is 7.92. The SMILES string of the molecule is Cc1ccc(S(=O)(=O)Nc2c(C(F)(F)F)c(C)nn2C)c(C)c1. The van der Waals surface area contributed by atoms with Gasteiger partial charge in [0.2, 0.25) is 0 Å². The smallest absolute Gasteiger partial charge is 0.263 e. The summed E-state index contributed by atoms with van der Waals surface area (Å²) in [6.07, 6.45) is -4.71. The van der Waals surface area contributed by atoms with Gasteiger partial charge in [0.05, 0.1) is 10.6 Å². The van der Waals surface area contributed by atoms with Gasteiger partial charge in [-0.05, 0) is 32.4 Å². The number of hydrogen-bond acceptors (Lipinski definition) is 3. The van der Waals surface area contributed by atoms with E-state index in [0.717, 1.165) is 10.2 Å². The summed E-state index contributed by atoms with van der Waals surface area (Å²) in [5.41, 5.74) is -0.0783. The van der Waals surface area contributed by atoms with Gasteiger partial charge >= 0.3 is 6.18 Å². The molecule has 0 unspecified atom stereocenters. The molecule has 0 fully saturated rings. The van der Waals surface area contributed by atoms with E-state index in [1.54, 1.807) is 26.0 Å². The van der Waals surface area contributed by atoms with Gasteiger partial charge in [-0.25, -0.2) is 8.42 Å². The first kappa shape index (κ1) is 17.3. The molecule has 5 nitrogen and oxygen atoms in total. The Bertz CT molecular complexity index is 855. The van der Waals surface area contributed by atoms with E-state index in [2.05, 4.69) is 5.10 Å². The van der Waals surface area contributed by atoms with E-state index in [-0.39, 0.29) is 10.6 Å². The Morgan fingerprint density at radius 3 is 2.30 bits per heavy atom. The summed E-state index contributed by atoms with van der Waals surface area (Å²) in [7, 11) is -2.91. The molecule has 0 spiro atoms. The van der Waals surface area contributed by atoms with Crippen LogP contribution in [0.2, 0.25) is 0 Å². The number of nitrogens with zero attached hydrogens (tertiary/aromatic N) is 2. The first-order valence-electron chi connectivity index (χ1n) is 6.64. The van der Waals surface area contributed by atoms with Crippen molar-refractivity contribution in [2.24, 2.45) is 7.05 Å². The van der Waals surface area contributed by atoms with Crippen molar-refractivity contribution in [2.45, 2.75) is 31.8 Å². The van der Waals surface area contributed by atoms with Crippen LogP contribution in [0.5, 0.6) is 0 Å². The monoisotopic (exact) mass is 347 g/mol. The van der Waals surface area contributed by atoms with Crippen molar-refractivity contribution in [1.82, 2.24) is 9.78 Å². The third-order valence-electron chi connectivity index (χ3n) is 3.36. The summed E-state index contributed by atoms with van der Waals surface area (Å²) in [5, 5.41) is 3.66. The third-order valence-corrected chi connectivity index (χ3v) is 4.86. The topological polar surface area (TPSA) is 64.0 Å². The summed E-state index contributed by atoms with van der Waals surface area (Å²) in [5.74, 6) is -0.602. The van der Waals surface area contributed by atoms with Crippen molar-refractivity contribution >= 4 is 15.8 Å². The summed E-state index contributed by atoms with van der Waals surface area (Å²) >= 11 is 0. The van der Waals surface area contributed by atoms with Crippen molar-refractivity contribution in [3.8, 4) is 0 Å². The third kappa shape index (κ3) is 3.34. The van der Waals surface area contributed by atoms with Gasteiger partial charge in [0.15, 0.2) is 5.82 Å². The van der Waals surface area contributed by atoms with Crippen LogP contribution >= 0.6 is 0 Å². The zero-order valence-corrected chi connectivity index (χ0v) is 13.8. The van der Waals surface area contributed by atoms with Crippen LogP contribution in [0.15, 0.2) is 23.1 Å². The lowest BCUT2D eigenvalue weighted by Crippen LogP contribution is -2.19. The number of benzene rings is 1. The first-order valence-corrected chi connectivity index (χ1v) is 8.12. The zero-order valence-electron chi connectivity index (χ0n) is 13.0. The first-order chi connectivity index (χ1) is 10.4. The van der Waals surface area contributed by atoms with Crippen molar-refractivity contribution in [3.63, 3.8) is 0 Å². The summed E-state index contributed by atoms with van der Waals surface area (Å²) in [6.45, 7) is 4.56. The van der Waals surface area contributed by atoms with Gasteiger partial charge in [-0.2, -0.15) is 18.3 Å². The molecule has 1 aromatic heterocycles. The zero-order chi connectivity index (χ0) is 17.6. The molecule has 126 valence electrons. The molecule has 0 amide bonds. The highest BCUT2D eigenvalue weighted by Gasteiger charge is 2.39. The van der Waals surface area contributed by atoms with Gasteiger partial charge in [0.25, 0.3) is 10.0 Å². The Balaban J connectivity index is 2.54. The molecule has 9 heteroatoms. The number of nitrogens with one attached hydrogen (secondary N) is 1. The lowest BCUT2D eigenvalue weighted by molar-refractivity contribution is -0.137. The van der Waals surface area contributed by atoms with Gasteiger partial charge in [-0.3, -0.25) is 9.40 Å². The standard InChI is InChI=1S/C14H16F3N3O2S/c1-8-5-6-11(9(2)7-8)23(21,22)19-13-12(14(15,16)17)10(3)18-20(13)4/h5-7,19H,1-4H3. The number of aryl methyl sites for hydroxylation is 4. The number of anilines is 1. The minimum atomic E-state index is -4.71. The van der Waals surface area contributed by atoms with Crippen LogP contribution in [0.25, 0.3) is 0 Å². The van der Waals surface area contributed by atoms with E-state index in [1.807, 2.05) is 4.72 Å². The predicted octanol–water partition coefficient (Wildman–Crippen LogP) is 3.16. The summed E-state index contributed by atoms with van der Waals surface area (Å²) in [4.78, 5) is -0.0740. The van der Waals surface area contributed by atoms with Gasteiger partial charge in [-0.15, -0.1) is 0 Å². The second kappa shape index (κ2) is 5.55. The Morgan fingerprint density at radius 2 is 1.78 bits per heavy atom. The minimum Gasteiger partial charge on any atom is -0.263 e. The molecule has 23 heavy (non-hydrogen) atoms. The van der Waals surface area contributed by atoms with Crippen molar-refractivity contribution in [2.75, 3.05) is 4.72 Å². The molecule has 1 N–H and O–H groups in total. The minimum absolute atomic E-state index is 0.0740. The second-order valence-electron chi connectivity index (χ2n) is 5.30. The lowest BCUT2D eigenvalue weighted by Gasteiger charge is -2.14. The van der Waals surface area contributed by atoms with E-state index in [9.17, 15) is 21.6 Å². The number of hydrogen-bond donors (Lipinski definition) is 1. The van der Waals surface area contributed by atoms with Crippen LogP contribution < -0.4 is 4.72 Å². The molecule has 0 saturated carbocycles. The fourth-order valence-corrected chi connectivity index (χ4v) is 3.73. The predicted molar refractivity (Wildman–Crippen MR) is 79.7 cm³/mol. The Hall–Kier alpha value is -2.03. The lowest BCUT2D eigenvalue weighted by atomic mass is 10.2. The number of aromatic nitrogens is 2. The van der Waals surface area contributed by atoms with Gasteiger partial charge < -0.3 is 0 Å². The maximum Gasteiger partial charge on any atom is 0.421 e. The Morgan fingerprint density at radius 1 is 1.17 bits per heavy atom. The van der Waals surface area contributed by atoms with Gasteiger partial charge in [0, 0.05) is 7.05 Å². The van der Waals surface area contributed by atoms with Crippen molar-refractivity contribution in [1.29, 1.82) is 0 Å². The van der Waals surface area contributed by atoms with Crippen LogP contribution in [0.1, 0.15) is 22.4 Å². The molecular weight excluding hydrogens is 331 g/mol. The number of sulfonamides is 1. The van der Waals surface area contributed by atoms with E-state index in [1.165, 1.54) is 20.0 Å². The highest BCUT2D eigenvalue weighted by atomic mass is 32.2. The molecule has 0 aliphatic heterocycles. The Kier molecular flexibility index (Phi) is 4.18. The Labute approximate surface area is 132 Å². The summed E-state index contributed by atoms with van der Waals surface area (Å²) < 4.78 is 67.2. The molecule has 0 aliphatic rings.